The van der Waals surface area contributed by atoms with Crippen LogP contribution in [0.1, 0.15) is 69.3 Å². The van der Waals surface area contributed by atoms with E-state index in [4.69, 9.17) is 4.74 Å². The maximum Gasteiger partial charge on any atom is 0.408 e. The summed E-state index contributed by atoms with van der Waals surface area (Å²) in [6, 6.07) is 12.6. The van der Waals surface area contributed by atoms with Crippen LogP contribution in [0.15, 0.2) is 48.5 Å². The van der Waals surface area contributed by atoms with Crippen LogP contribution in [0.4, 0.5) is 4.79 Å². The Hall–Kier alpha value is -3.39. The number of benzene rings is 2. The van der Waals surface area contributed by atoms with Gasteiger partial charge in [0.15, 0.2) is 0 Å². The smallest absolute Gasteiger partial charge is 0.408 e. The van der Waals surface area contributed by atoms with E-state index in [1.165, 1.54) is 4.90 Å². The predicted molar refractivity (Wildman–Crippen MR) is 144 cm³/mol. The van der Waals surface area contributed by atoms with Crippen molar-refractivity contribution in [3.63, 3.8) is 0 Å². The number of nitrogens with one attached hydrogen (secondary N) is 2. The molecule has 8 nitrogen and oxygen atoms in total. The second kappa shape index (κ2) is 13.2. The summed E-state index contributed by atoms with van der Waals surface area (Å²) in [6.45, 7) is 12.4. The molecule has 0 bridgehead atoms. The zero-order valence-corrected chi connectivity index (χ0v) is 23.0. The number of amides is 3. The Labute approximate surface area is 220 Å². The molecule has 37 heavy (non-hydrogen) atoms. The summed E-state index contributed by atoms with van der Waals surface area (Å²) >= 11 is 0. The average molecular weight is 512 g/mol. The van der Waals surface area contributed by atoms with Gasteiger partial charge in [-0.2, -0.15) is 0 Å². The molecule has 0 saturated heterocycles. The van der Waals surface area contributed by atoms with Gasteiger partial charge in [-0.25, -0.2) is 4.79 Å². The number of hydrogen-bond acceptors (Lipinski definition) is 5. The fraction of sp³-hybridized carbons (Fsp3) is 0.483. The van der Waals surface area contributed by atoms with Crippen LogP contribution >= 0.6 is 0 Å². The number of carbonyl (C=O) groups is 3. The van der Waals surface area contributed by atoms with Crippen LogP contribution < -0.4 is 10.6 Å². The van der Waals surface area contributed by atoms with E-state index < -0.39 is 36.3 Å². The largest absolute Gasteiger partial charge is 0.444 e. The number of aryl methyl sites for hydroxylation is 2. The number of ether oxygens (including phenoxy) is 1. The van der Waals surface area contributed by atoms with Crippen molar-refractivity contribution in [1.29, 1.82) is 0 Å². The molecule has 0 fully saturated rings. The molecule has 0 radical (unpaired) electrons. The van der Waals surface area contributed by atoms with Gasteiger partial charge < -0.3 is 25.4 Å². The van der Waals surface area contributed by atoms with Crippen molar-refractivity contribution >= 4 is 17.9 Å². The van der Waals surface area contributed by atoms with E-state index in [9.17, 15) is 19.5 Å². The van der Waals surface area contributed by atoms with Crippen LogP contribution in [-0.4, -0.2) is 52.2 Å². The third-order valence-corrected chi connectivity index (χ3v) is 6.14. The molecule has 3 unspecified atom stereocenters. The van der Waals surface area contributed by atoms with Crippen LogP contribution in [0.3, 0.4) is 0 Å². The summed E-state index contributed by atoms with van der Waals surface area (Å²) in [5, 5.41) is 15.5. The zero-order valence-electron chi connectivity index (χ0n) is 23.0. The highest BCUT2D eigenvalue weighted by molar-refractivity contribution is 5.92. The van der Waals surface area contributed by atoms with E-state index in [0.29, 0.717) is 13.0 Å². The van der Waals surface area contributed by atoms with Crippen LogP contribution in [0.5, 0.6) is 0 Å². The van der Waals surface area contributed by atoms with Crippen molar-refractivity contribution in [2.75, 3.05) is 6.61 Å². The predicted octanol–water partition coefficient (Wildman–Crippen LogP) is 4.17. The molecular weight excluding hydrogens is 470 g/mol. The topological polar surface area (TPSA) is 108 Å². The highest BCUT2D eigenvalue weighted by Crippen LogP contribution is 2.31. The van der Waals surface area contributed by atoms with Crippen molar-refractivity contribution in [2.45, 2.75) is 85.2 Å². The minimum atomic E-state index is -1.28. The first-order valence-electron chi connectivity index (χ1n) is 12.7. The molecular formula is C29H41N3O5. The molecule has 3 N–H and O–H groups in total. The number of aliphatic hydroxyl groups excluding tert-OH is 1. The molecule has 0 aromatic heterocycles. The Kier molecular flexibility index (Phi) is 10.7. The van der Waals surface area contributed by atoms with E-state index in [2.05, 4.69) is 10.6 Å². The number of alkyl carbamates (subject to hydrolysis) is 1. The maximum atomic E-state index is 13.9. The Morgan fingerprint density at radius 2 is 1.59 bits per heavy atom. The van der Waals surface area contributed by atoms with Gasteiger partial charge in [0.2, 0.25) is 11.8 Å². The van der Waals surface area contributed by atoms with E-state index in [1.807, 2.05) is 76.2 Å². The number of aliphatic hydroxyl groups is 1. The zero-order chi connectivity index (χ0) is 27.8. The summed E-state index contributed by atoms with van der Waals surface area (Å²) < 4.78 is 5.29. The highest BCUT2D eigenvalue weighted by atomic mass is 16.6. The lowest BCUT2D eigenvalue weighted by atomic mass is 9.92. The molecule has 0 aliphatic carbocycles. The van der Waals surface area contributed by atoms with Gasteiger partial charge in [-0.05, 0) is 70.2 Å². The quantitative estimate of drug-likeness (QED) is 0.444. The number of hydrogen-bond donors (Lipinski definition) is 3. The second-order valence-electron chi connectivity index (χ2n) is 10.3. The first-order valence-corrected chi connectivity index (χ1v) is 12.7. The lowest BCUT2D eigenvalue weighted by Gasteiger charge is -2.39. The molecule has 0 aliphatic heterocycles. The van der Waals surface area contributed by atoms with Gasteiger partial charge in [-0.1, -0.05) is 55.5 Å². The molecule has 0 spiro atoms. The summed E-state index contributed by atoms with van der Waals surface area (Å²) in [6.07, 6.45) is -0.259. The Morgan fingerprint density at radius 3 is 2.11 bits per heavy atom. The van der Waals surface area contributed by atoms with Crippen molar-refractivity contribution in [2.24, 2.45) is 0 Å². The van der Waals surface area contributed by atoms with Crippen molar-refractivity contribution in [3.8, 4) is 0 Å². The molecule has 3 atom stereocenters. The first kappa shape index (κ1) is 29.8. The van der Waals surface area contributed by atoms with Gasteiger partial charge in [-0.3, -0.25) is 9.59 Å². The van der Waals surface area contributed by atoms with Gasteiger partial charge in [0, 0.05) is 12.6 Å². The van der Waals surface area contributed by atoms with E-state index in [1.54, 1.807) is 20.8 Å². The SMILES string of the molecule is CCC(C)N(C(=O)C(CO)NC(=O)OC(C)(C)C)C(C(=O)NCc1ccccc1)c1c(C)cccc1C. The molecule has 0 aliphatic rings. The Balaban J connectivity index is 2.50. The summed E-state index contributed by atoms with van der Waals surface area (Å²) in [4.78, 5) is 41.7. The van der Waals surface area contributed by atoms with Crippen LogP contribution in [-0.2, 0) is 20.9 Å². The fourth-order valence-corrected chi connectivity index (χ4v) is 4.15. The number of rotatable bonds is 10. The molecule has 0 heterocycles. The Bertz CT molecular complexity index is 1040. The summed E-state index contributed by atoms with van der Waals surface area (Å²) in [5.74, 6) is -0.908. The molecule has 2 aromatic carbocycles. The van der Waals surface area contributed by atoms with Crippen LogP contribution in [0.2, 0.25) is 0 Å². The second-order valence-corrected chi connectivity index (χ2v) is 10.3. The molecule has 3 amide bonds. The monoisotopic (exact) mass is 511 g/mol. The first-order chi connectivity index (χ1) is 17.4. The summed E-state index contributed by atoms with van der Waals surface area (Å²) in [7, 11) is 0. The van der Waals surface area contributed by atoms with Gasteiger partial charge in [0.05, 0.1) is 6.61 Å². The fourth-order valence-electron chi connectivity index (χ4n) is 4.15. The van der Waals surface area contributed by atoms with Gasteiger partial charge in [0.1, 0.15) is 17.7 Å². The number of carbonyl (C=O) groups excluding carboxylic acids is 3. The Morgan fingerprint density at radius 1 is 1.00 bits per heavy atom. The normalized spacial score (nSPS) is 13.7. The van der Waals surface area contributed by atoms with Crippen molar-refractivity contribution in [3.05, 3.63) is 70.8 Å². The van der Waals surface area contributed by atoms with Crippen LogP contribution in [0, 0.1) is 13.8 Å². The van der Waals surface area contributed by atoms with Crippen molar-refractivity contribution < 1.29 is 24.2 Å². The summed E-state index contributed by atoms with van der Waals surface area (Å²) in [5.41, 5.74) is 2.60. The molecule has 2 aromatic rings. The third kappa shape index (κ3) is 8.32. The minimum Gasteiger partial charge on any atom is -0.444 e. The average Bonchev–Trinajstić information content (AvgIpc) is 2.84. The van der Waals surface area contributed by atoms with E-state index >= 15 is 0 Å². The molecule has 2 rings (SSSR count). The number of nitrogens with zero attached hydrogens (tertiary/aromatic N) is 1. The van der Waals surface area contributed by atoms with Gasteiger partial charge in [-0.15, -0.1) is 0 Å². The van der Waals surface area contributed by atoms with Gasteiger partial charge in [0.25, 0.3) is 0 Å². The van der Waals surface area contributed by atoms with E-state index in [-0.39, 0.29) is 11.9 Å². The molecule has 8 heteroatoms. The van der Waals surface area contributed by atoms with Gasteiger partial charge >= 0.3 is 6.09 Å². The molecule has 202 valence electrons. The maximum absolute atomic E-state index is 13.9. The standard InChI is InChI=1S/C29H41N3O5/c1-8-21(4)32(27(35)23(18-33)31-28(36)37-29(5,6)7)25(24-19(2)13-12-14-20(24)3)26(34)30-17-22-15-10-9-11-16-22/h9-16,21,23,25,33H,8,17-18H2,1-7H3,(H,30,34)(H,31,36). The highest BCUT2D eigenvalue weighted by Gasteiger charge is 2.39. The minimum absolute atomic E-state index is 0.295. The third-order valence-electron chi connectivity index (χ3n) is 6.14. The van der Waals surface area contributed by atoms with Crippen molar-refractivity contribution in [1.82, 2.24) is 15.5 Å². The lowest BCUT2D eigenvalue weighted by molar-refractivity contribution is -0.146. The lowest BCUT2D eigenvalue weighted by Crippen LogP contribution is -2.56. The van der Waals surface area contributed by atoms with E-state index in [0.717, 1.165) is 22.3 Å². The van der Waals surface area contributed by atoms with Crippen LogP contribution in [0.25, 0.3) is 0 Å². The molecule has 0 saturated carbocycles.